The van der Waals surface area contributed by atoms with Crippen molar-refractivity contribution in [3.05, 3.63) is 28.8 Å². The molecule has 0 fully saturated rings. The smallest absolute Gasteiger partial charge is 0.265 e. The SMILES string of the molecule is N#Cc1ccc(NCC(O)C(F)F)c(Cl)c1. The molecule has 0 radical (unpaired) electrons. The average molecular weight is 247 g/mol. The lowest BCUT2D eigenvalue weighted by Crippen LogP contribution is -2.26. The second kappa shape index (κ2) is 5.64. The number of alkyl halides is 2. The molecule has 0 saturated carbocycles. The first kappa shape index (κ1) is 12.7. The Morgan fingerprint density at radius 3 is 2.69 bits per heavy atom. The lowest BCUT2D eigenvalue weighted by Gasteiger charge is -2.12. The normalized spacial score (nSPS) is 12.2. The first-order valence-electron chi connectivity index (χ1n) is 4.44. The minimum atomic E-state index is -2.80. The van der Waals surface area contributed by atoms with Crippen molar-refractivity contribution in [2.24, 2.45) is 0 Å². The van der Waals surface area contributed by atoms with Gasteiger partial charge in [0, 0.05) is 6.54 Å². The third-order valence-electron chi connectivity index (χ3n) is 1.89. The van der Waals surface area contributed by atoms with E-state index >= 15 is 0 Å². The van der Waals surface area contributed by atoms with Crippen LogP contribution < -0.4 is 5.32 Å². The highest BCUT2D eigenvalue weighted by molar-refractivity contribution is 6.33. The summed E-state index contributed by atoms with van der Waals surface area (Å²) < 4.78 is 24.0. The van der Waals surface area contributed by atoms with Gasteiger partial charge in [-0.2, -0.15) is 5.26 Å². The van der Waals surface area contributed by atoms with Gasteiger partial charge < -0.3 is 10.4 Å². The maximum Gasteiger partial charge on any atom is 0.265 e. The summed E-state index contributed by atoms with van der Waals surface area (Å²) in [6.45, 7) is -0.302. The Bertz CT molecular complexity index is 406. The van der Waals surface area contributed by atoms with E-state index in [2.05, 4.69) is 5.32 Å². The molecule has 0 spiro atoms. The van der Waals surface area contributed by atoms with Gasteiger partial charge in [0.15, 0.2) is 0 Å². The molecule has 0 aliphatic heterocycles. The van der Waals surface area contributed by atoms with Gasteiger partial charge in [0.25, 0.3) is 6.43 Å². The summed E-state index contributed by atoms with van der Waals surface area (Å²) in [6, 6.07) is 6.31. The average Bonchev–Trinajstić information content (AvgIpc) is 2.26. The molecule has 16 heavy (non-hydrogen) atoms. The van der Waals surface area contributed by atoms with Crippen molar-refractivity contribution in [3.8, 4) is 6.07 Å². The fourth-order valence-corrected chi connectivity index (χ4v) is 1.28. The van der Waals surface area contributed by atoms with Crippen molar-refractivity contribution in [2.75, 3.05) is 11.9 Å². The molecule has 3 nitrogen and oxygen atoms in total. The molecule has 0 aromatic heterocycles. The lowest BCUT2D eigenvalue weighted by atomic mass is 10.2. The van der Waals surface area contributed by atoms with E-state index in [0.29, 0.717) is 11.3 Å². The van der Waals surface area contributed by atoms with Crippen LogP contribution in [0.3, 0.4) is 0 Å². The Hall–Kier alpha value is -1.38. The molecule has 1 unspecified atom stereocenters. The first-order chi connectivity index (χ1) is 7.54. The summed E-state index contributed by atoms with van der Waals surface area (Å²) in [4.78, 5) is 0. The van der Waals surface area contributed by atoms with Gasteiger partial charge in [0.05, 0.1) is 22.3 Å². The standard InChI is InChI=1S/C10H9ClF2N2O/c11-7-3-6(4-14)1-2-8(7)15-5-9(16)10(12)13/h1-3,9-10,15-16H,5H2. The Morgan fingerprint density at radius 1 is 1.50 bits per heavy atom. The number of nitriles is 1. The third-order valence-corrected chi connectivity index (χ3v) is 2.20. The summed E-state index contributed by atoms with van der Waals surface area (Å²) >= 11 is 5.79. The van der Waals surface area contributed by atoms with Crippen LogP contribution in [0.25, 0.3) is 0 Å². The zero-order valence-electron chi connectivity index (χ0n) is 8.12. The van der Waals surface area contributed by atoms with E-state index in [1.807, 2.05) is 6.07 Å². The number of aliphatic hydroxyl groups is 1. The molecule has 1 atom stereocenters. The number of nitrogens with zero attached hydrogens (tertiary/aromatic N) is 1. The van der Waals surface area contributed by atoms with Crippen molar-refractivity contribution in [1.29, 1.82) is 5.26 Å². The molecule has 2 N–H and O–H groups in total. The Labute approximate surface area is 96.3 Å². The lowest BCUT2D eigenvalue weighted by molar-refractivity contribution is 0.00385. The zero-order valence-corrected chi connectivity index (χ0v) is 8.88. The van der Waals surface area contributed by atoms with Gasteiger partial charge in [-0.1, -0.05) is 11.6 Å². The van der Waals surface area contributed by atoms with Crippen LogP contribution in [0.1, 0.15) is 5.56 Å². The van der Waals surface area contributed by atoms with Crippen molar-refractivity contribution in [3.63, 3.8) is 0 Å². The topological polar surface area (TPSA) is 56.0 Å². The van der Waals surface area contributed by atoms with Gasteiger partial charge in [0.2, 0.25) is 0 Å². The van der Waals surface area contributed by atoms with E-state index in [4.69, 9.17) is 22.0 Å². The predicted molar refractivity (Wildman–Crippen MR) is 56.7 cm³/mol. The van der Waals surface area contributed by atoms with Crippen LogP contribution in [0.4, 0.5) is 14.5 Å². The highest BCUT2D eigenvalue weighted by Gasteiger charge is 2.16. The Kier molecular flexibility index (Phi) is 4.47. The van der Waals surface area contributed by atoms with E-state index in [1.165, 1.54) is 18.2 Å². The molecular weight excluding hydrogens is 238 g/mol. The number of hydrogen-bond acceptors (Lipinski definition) is 3. The predicted octanol–water partition coefficient (Wildman–Crippen LogP) is 2.25. The minimum absolute atomic E-state index is 0.250. The second-order valence-electron chi connectivity index (χ2n) is 3.09. The third kappa shape index (κ3) is 3.33. The summed E-state index contributed by atoms with van der Waals surface area (Å²) in [7, 11) is 0. The molecule has 0 aliphatic carbocycles. The number of benzene rings is 1. The number of nitrogens with one attached hydrogen (secondary N) is 1. The van der Waals surface area contributed by atoms with Crippen LogP contribution in [0.15, 0.2) is 18.2 Å². The van der Waals surface area contributed by atoms with Crippen LogP contribution in [-0.4, -0.2) is 24.2 Å². The maximum absolute atomic E-state index is 12.0. The van der Waals surface area contributed by atoms with Gasteiger partial charge in [-0.05, 0) is 18.2 Å². The van der Waals surface area contributed by atoms with Crippen LogP contribution in [0, 0.1) is 11.3 Å². The molecule has 1 aromatic carbocycles. The number of aliphatic hydroxyl groups excluding tert-OH is 1. The number of halogens is 3. The van der Waals surface area contributed by atoms with Gasteiger partial charge in [-0.25, -0.2) is 8.78 Å². The van der Waals surface area contributed by atoms with Crippen LogP contribution in [-0.2, 0) is 0 Å². The molecule has 0 saturated heterocycles. The van der Waals surface area contributed by atoms with Gasteiger partial charge in [0.1, 0.15) is 6.10 Å². The highest BCUT2D eigenvalue weighted by atomic mass is 35.5. The summed E-state index contributed by atoms with van der Waals surface area (Å²) in [5.74, 6) is 0. The first-order valence-corrected chi connectivity index (χ1v) is 4.82. The Morgan fingerprint density at radius 2 is 2.19 bits per heavy atom. The van der Waals surface area contributed by atoms with Crippen molar-refractivity contribution in [1.82, 2.24) is 0 Å². The van der Waals surface area contributed by atoms with Crippen molar-refractivity contribution >= 4 is 17.3 Å². The molecule has 6 heteroatoms. The van der Waals surface area contributed by atoms with Crippen LogP contribution in [0.2, 0.25) is 5.02 Å². The molecule has 1 aromatic rings. The number of rotatable bonds is 4. The van der Waals surface area contributed by atoms with Gasteiger partial charge in [-0.15, -0.1) is 0 Å². The van der Waals surface area contributed by atoms with E-state index in [-0.39, 0.29) is 11.6 Å². The van der Waals surface area contributed by atoms with E-state index in [1.54, 1.807) is 0 Å². The van der Waals surface area contributed by atoms with Gasteiger partial charge >= 0.3 is 0 Å². The number of anilines is 1. The minimum Gasteiger partial charge on any atom is -0.385 e. The largest absolute Gasteiger partial charge is 0.385 e. The van der Waals surface area contributed by atoms with Crippen molar-refractivity contribution < 1.29 is 13.9 Å². The zero-order chi connectivity index (χ0) is 12.1. The maximum atomic E-state index is 12.0. The molecule has 0 amide bonds. The molecule has 0 bridgehead atoms. The summed E-state index contributed by atoms with van der Waals surface area (Å²) in [5.41, 5.74) is 0.783. The van der Waals surface area contributed by atoms with Crippen LogP contribution in [0.5, 0.6) is 0 Å². The van der Waals surface area contributed by atoms with E-state index < -0.39 is 12.5 Å². The summed E-state index contributed by atoms with van der Waals surface area (Å²) in [6.07, 6.45) is -4.55. The van der Waals surface area contributed by atoms with E-state index in [0.717, 1.165) is 0 Å². The Balaban J connectivity index is 2.65. The van der Waals surface area contributed by atoms with Gasteiger partial charge in [-0.3, -0.25) is 0 Å². The van der Waals surface area contributed by atoms with Crippen molar-refractivity contribution in [2.45, 2.75) is 12.5 Å². The van der Waals surface area contributed by atoms with E-state index in [9.17, 15) is 8.78 Å². The fraction of sp³-hybridized carbons (Fsp3) is 0.300. The van der Waals surface area contributed by atoms with Crippen LogP contribution >= 0.6 is 11.6 Å². The second-order valence-corrected chi connectivity index (χ2v) is 3.50. The molecule has 1 rings (SSSR count). The quantitative estimate of drug-likeness (QED) is 0.857. The number of hydrogen-bond donors (Lipinski definition) is 2. The molecule has 0 heterocycles. The highest BCUT2D eigenvalue weighted by Crippen LogP contribution is 2.22. The molecule has 0 aliphatic rings. The summed E-state index contributed by atoms with van der Waals surface area (Å²) in [5, 5.41) is 20.3. The molecular formula is C10H9ClF2N2O. The monoisotopic (exact) mass is 246 g/mol. The fourth-order valence-electron chi connectivity index (χ4n) is 1.03. The molecule has 86 valence electrons.